The third-order valence-electron chi connectivity index (χ3n) is 3.84. The molecule has 8 heteroatoms. The van der Waals surface area contributed by atoms with Crippen LogP contribution in [0, 0.1) is 0 Å². The number of aryl methyl sites for hydroxylation is 1. The van der Waals surface area contributed by atoms with E-state index in [9.17, 15) is 4.79 Å². The molecular formula is C20H16Cl3N3OS. The molecule has 3 aromatic rings. The molecule has 0 unspecified atom stereocenters. The normalized spacial score (nSPS) is 10.7. The minimum absolute atomic E-state index is 0.173. The van der Waals surface area contributed by atoms with Crippen molar-refractivity contribution in [1.82, 2.24) is 15.5 Å². The summed E-state index contributed by atoms with van der Waals surface area (Å²) in [7, 11) is 0. The van der Waals surface area contributed by atoms with Crippen LogP contribution < -0.4 is 5.32 Å². The van der Waals surface area contributed by atoms with Crippen LogP contribution in [0.3, 0.4) is 0 Å². The molecule has 2 aromatic carbocycles. The highest BCUT2D eigenvalue weighted by Gasteiger charge is 2.15. The predicted octanol–water partition coefficient (Wildman–Crippen LogP) is 5.95. The van der Waals surface area contributed by atoms with Crippen LogP contribution >= 0.6 is 46.6 Å². The van der Waals surface area contributed by atoms with E-state index in [2.05, 4.69) is 15.5 Å². The van der Waals surface area contributed by atoms with Crippen LogP contribution in [0.15, 0.2) is 64.5 Å². The van der Waals surface area contributed by atoms with E-state index in [4.69, 9.17) is 34.8 Å². The van der Waals surface area contributed by atoms with E-state index in [0.717, 1.165) is 17.7 Å². The fourth-order valence-electron chi connectivity index (χ4n) is 2.45. The molecule has 0 spiro atoms. The maximum absolute atomic E-state index is 12.6. The van der Waals surface area contributed by atoms with Gasteiger partial charge in [0.1, 0.15) is 5.03 Å². The summed E-state index contributed by atoms with van der Waals surface area (Å²) in [6.45, 7) is 0.534. The smallest absolute Gasteiger partial charge is 0.254 e. The number of benzene rings is 2. The fourth-order valence-corrected chi connectivity index (χ4v) is 3.69. The minimum Gasteiger partial charge on any atom is -0.352 e. The molecule has 0 fully saturated rings. The Morgan fingerprint density at radius 2 is 1.57 bits per heavy atom. The number of hydrogen-bond acceptors (Lipinski definition) is 4. The zero-order valence-electron chi connectivity index (χ0n) is 14.7. The molecule has 3 rings (SSSR count). The van der Waals surface area contributed by atoms with Gasteiger partial charge in [0, 0.05) is 21.5 Å². The molecule has 28 heavy (non-hydrogen) atoms. The monoisotopic (exact) mass is 451 g/mol. The topological polar surface area (TPSA) is 54.9 Å². The van der Waals surface area contributed by atoms with Crippen LogP contribution in [0.5, 0.6) is 0 Å². The van der Waals surface area contributed by atoms with Crippen molar-refractivity contribution in [3.8, 4) is 0 Å². The molecule has 1 heterocycles. The Kier molecular flexibility index (Phi) is 7.57. The van der Waals surface area contributed by atoms with Crippen LogP contribution in [0.1, 0.15) is 22.3 Å². The Hall–Kier alpha value is -1.79. The van der Waals surface area contributed by atoms with Gasteiger partial charge in [-0.3, -0.25) is 4.79 Å². The van der Waals surface area contributed by atoms with Crippen molar-refractivity contribution in [3.05, 3.63) is 80.9 Å². The van der Waals surface area contributed by atoms with E-state index < -0.39 is 0 Å². The third kappa shape index (κ3) is 6.11. The van der Waals surface area contributed by atoms with Gasteiger partial charge >= 0.3 is 0 Å². The zero-order valence-corrected chi connectivity index (χ0v) is 17.7. The second-order valence-corrected chi connectivity index (χ2v) is 8.25. The molecule has 0 aliphatic carbocycles. The van der Waals surface area contributed by atoms with Gasteiger partial charge in [0.2, 0.25) is 0 Å². The van der Waals surface area contributed by atoms with Gasteiger partial charge in [-0.1, -0.05) is 58.7 Å². The van der Waals surface area contributed by atoms with Crippen molar-refractivity contribution >= 4 is 52.5 Å². The molecule has 0 saturated heterocycles. The first kappa shape index (κ1) is 20.9. The highest BCUT2D eigenvalue weighted by Crippen LogP contribution is 2.30. The summed E-state index contributed by atoms with van der Waals surface area (Å²) < 4.78 is 0. The van der Waals surface area contributed by atoms with Gasteiger partial charge in [0.25, 0.3) is 5.91 Å². The SMILES string of the molecule is O=C(NCCCc1ccc(Cl)cc1)c1cc(Cl)nnc1Sc1ccc(Cl)cc1. The van der Waals surface area contributed by atoms with Crippen LogP contribution in [0.4, 0.5) is 0 Å². The van der Waals surface area contributed by atoms with Crippen molar-refractivity contribution in [3.63, 3.8) is 0 Å². The van der Waals surface area contributed by atoms with E-state index >= 15 is 0 Å². The zero-order chi connectivity index (χ0) is 19.9. The molecule has 0 aliphatic heterocycles. The number of carbonyl (C=O) groups excluding carboxylic acids is 1. The van der Waals surface area contributed by atoms with Crippen LogP contribution in [0.25, 0.3) is 0 Å². The van der Waals surface area contributed by atoms with Crippen molar-refractivity contribution in [2.45, 2.75) is 22.8 Å². The molecule has 1 N–H and O–H groups in total. The van der Waals surface area contributed by atoms with E-state index in [1.165, 1.54) is 23.4 Å². The standard InChI is InChI=1S/C20H16Cl3N3OS/c21-14-5-3-13(4-6-14)2-1-11-24-19(27)17-12-18(23)25-26-20(17)28-16-9-7-15(22)8-10-16/h3-10,12H,1-2,11H2,(H,24,27). The molecular weight excluding hydrogens is 437 g/mol. The Balaban J connectivity index is 1.61. The number of rotatable bonds is 7. The van der Waals surface area contributed by atoms with E-state index in [1.54, 1.807) is 12.1 Å². The number of hydrogen-bond donors (Lipinski definition) is 1. The summed E-state index contributed by atoms with van der Waals surface area (Å²) in [4.78, 5) is 13.5. The molecule has 1 aromatic heterocycles. The highest BCUT2D eigenvalue weighted by molar-refractivity contribution is 7.99. The summed E-state index contributed by atoms with van der Waals surface area (Å²) in [6, 6.07) is 16.5. The average Bonchev–Trinajstić information content (AvgIpc) is 2.69. The maximum atomic E-state index is 12.6. The van der Waals surface area contributed by atoms with E-state index in [-0.39, 0.29) is 11.1 Å². The van der Waals surface area contributed by atoms with E-state index in [0.29, 0.717) is 27.2 Å². The van der Waals surface area contributed by atoms with Gasteiger partial charge in [-0.05, 0) is 60.9 Å². The first-order valence-corrected chi connectivity index (χ1v) is 10.5. The molecule has 0 radical (unpaired) electrons. The lowest BCUT2D eigenvalue weighted by atomic mass is 10.1. The lowest BCUT2D eigenvalue weighted by molar-refractivity contribution is 0.0949. The van der Waals surface area contributed by atoms with E-state index in [1.807, 2.05) is 36.4 Å². The number of nitrogens with zero attached hydrogens (tertiary/aromatic N) is 2. The quantitative estimate of drug-likeness (QED) is 0.450. The summed E-state index contributed by atoms with van der Waals surface area (Å²) in [5, 5.41) is 12.9. The highest BCUT2D eigenvalue weighted by atomic mass is 35.5. The van der Waals surface area contributed by atoms with Gasteiger partial charge < -0.3 is 5.32 Å². The van der Waals surface area contributed by atoms with Gasteiger partial charge in [0.05, 0.1) is 5.56 Å². The number of nitrogens with one attached hydrogen (secondary N) is 1. The van der Waals surface area contributed by atoms with Gasteiger partial charge in [-0.25, -0.2) is 0 Å². The van der Waals surface area contributed by atoms with Crippen molar-refractivity contribution in [2.24, 2.45) is 0 Å². The second-order valence-electron chi connectivity index (χ2n) is 5.93. The lowest BCUT2D eigenvalue weighted by Gasteiger charge is -2.09. The Morgan fingerprint density at radius 3 is 2.25 bits per heavy atom. The fraction of sp³-hybridized carbons (Fsp3) is 0.150. The third-order valence-corrected chi connectivity index (χ3v) is 5.54. The number of halogens is 3. The molecule has 0 bridgehead atoms. The lowest BCUT2D eigenvalue weighted by Crippen LogP contribution is -2.25. The molecule has 0 saturated carbocycles. The molecule has 0 aliphatic rings. The van der Waals surface area contributed by atoms with Gasteiger partial charge in [-0.2, -0.15) is 0 Å². The van der Waals surface area contributed by atoms with Crippen LogP contribution in [0.2, 0.25) is 15.2 Å². The molecule has 144 valence electrons. The summed E-state index contributed by atoms with van der Waals surface area (Å²) in [5.74, 6) is -0.232. The second kappa shape index (κ2) is 10.1. The van der Waals surface area contributed by atoms with Crippen molar-refractivity contribution in [2.75, 3.05) is 6.54 Å². The largest absolute Gasteiger partial charge is 0.352 e. The van der Waals surface area contributed by atoms with Crippen molar-refractivity contribution in [1.29, 1.82) is 0 Å². The number of aromatic nitrogens is 2. The Labute approximate surface area is 182 Å². The molecule has 4 nitrogen and oxygen atoms in total. The van der Waals surface area contributed by atoms with Crippen molar-refractivity contribution < 1.29 is 4.79 Å². The number of amides is 1. The summed E-state index contributed by atoms with van der Waals surface area (Å²) >= 11 is 19.1. The summed E-state index contributed by atoms with van der Waals surface area (Å²) in [5.41, 5.74) is 1.57. The average molecular weight is 453 g/mol. The first-order valence-electron chi connectivity index (χ1n) is 8.50. The van der Waals surface area contributed by atoms with Gasteiger partial charge in [-0.15, -0.1) is 10.2 Å². The van der Waals surface area contributed by atoms with Gasteiger partial charge in [0.15, 0.2) is 5.15 Å². The predicted molar refractivity (Wildman–Crippen MR) is 115 cm³/mol. The molecule has 1 amide bonds. The number of carbonyl (C=O) groups is 1. The van der Waals surface area contributed by atoms with Crippen LogP contribution in [-0.2, 0) is 6.42 Å². The Morgan fingerprint density at radius 1 is 0.929 bits per heavy atom. The first-order chi connectivity index (χ1) is 13.5. The minimum atomic E-state index is -0.232. The van der Waals surface area contributed by atoms with Crippen LogP contribution in [-0.4, -0.2) is 22.6 Å². The molecule has 0 atom stereocenters. The maximum Gasteiger partial charge on any atom is 0.254 e. The summed E-state index contributed by atoms with van der Waals surface area (Å²) in [6.07, 6.45) is 1.65. The Bertz CT molecular complexity index is 950.